The summed E-state index contributed by atoms with van der Waals surface area (Å²) in [6.07, 6.45) is 17.6. The van der Waals surface area contributed by atoms with Crippen LogP contribution < -0.4 is 25.9 Å². The number of hydrazone groups is 1. The molecule has 14 aromatic rings. The number of aromatic carboxylic acids is 1. The number of pyridine rings is 6. The average molecular weight is 1630 g/mol. The molecular weight excluding hydrogens is 1530 g/mol. The lowest BCUT2D eigenvalue weighted by Crippen LogP contribution is -2.27. The molecule has 2 aliphatic rings. The molecule has 122 heavy (non-hydrogen) atoms. The maximum atomic E-state index is 12.2. The van der Waals surface area contributed by atoms with E-state index in [4.69, 9.17) is 24.8 Å². The van der Waals surface area contributed by atoms with E-state index in [1.807, 2.05) is 154 Å². The number of esters is 1. The van der Waals surface area contributed by atoms with Crippen LogP contribution in [-0.4, -0.2) is 166 Å². The number of carboxylic acid groups (broad SMARTS) is 1. The van der Waals surface area contributed by atoms with E-state index in [0.717, 1.165) is 145 Å². The van der Waals surface area contributed by atoms with Crippen molar-refractivity contribution in [2.45, 2.75) is 78.6 Å². The molecule has 25 heteroatoms. The van der Waals surface area contributed by atoms with Gasteiger partial charge in [0.2, 0.25) is 0 Å². The second kappa shape index (κ2) is 44.3. The van der Waals surface area contributed by atoms with Crippen molar-refractivity contribution in [3.63, 3.8) is 0 Å². The fourth-order valence-electron chi connectivity index (χ4n) is 13.7. The number of hydrogen-bond donors (Lipinski definition) is 6. The van der Waals surface area contributed by atoms with Crippen molar-refractivity contribution in [1.82, 2.24) is 60.1 Å². The minimum atomic E-state index is -1.02. The highest BCUT2D eigenvalue weighted by Gasteiger charge is 2.22. The first-order valence-corrected chi connectivity index (χ1v) is 40.8. The molecule has 0 bridgehead atoms. The molecule has 10 heterocycles. The van der Waals surface area contributed by atoms with Gasteiger partial charge >= 0.3 is 11.9 Å². The van der Waals surface area contributed by atoms with Gasteiger partial charge in [0, 0.05) is 123 Å². The minimum Gasteiger partial charge on any atom is -0.506 e. The minimum absolute atomic E-state index is 0.00870. The third-order valence-corrected chi connectivity index (χ3v) is 20.0. The lowest BCUT2D eigenvalue weighted by molar-refractivity contribution is -0.142. The van der Waals surface area contributed by atoms with Crippen LogP contribution in [0.3, 0.4) is 0 Å². The normalized spacial score (nSPS) is 12.2. The van der Waals surface area contributed by atoms with E-state index < -0.39 is 5.97 Å². The highest BCUT2D eigenvalue weighted by molar-refractivity contribution is 6.12. The van der Waals surface area contributed by atoms with Gasteiger partial charge in [-0.25, -0.2) is 29.7 Å². The first kappa shape index (κ1) is 86.7. The lowest BCUT2D eigenvalue weighted by Gasteiger charge is -2.22. The molecule has 0 saturated heterocycles. The second-order valence-corrected chi connectivity index (χ2v) is 29.2. The van der Waals surface area contributed by atoms with Crippen molar-refractivity contribution in [2.75, 3.05) is 87.1 Å². The number of rotatable bonds is 24. The number of nitrogens with one attached hydrogen (secondary N) is 3. The zero-order valence-corrected chi connectivity index (χ0v) is 69.1. The molecule has 2 aliphatic heterocycles. The number of nitrogens with zero attached hydrogens (tertiary/aromatic N) is 14. The number of anilines is 4. The molecule has 0 saturated carbocycles. The molecule has 16 rings (SSSR count). The summed E-state index contributed by atoms with van der Waals surface area (Å²) in [5.41, 5.74) is 18.3. The number of aromatic nitrogens is 10. The van der Waals surface area contributed by atoms with E-state index in [2.05, 4.69) is 125 Å². The van der Waals surface area contributed by atoms with E-state index in [1.54, 1.807) is 75.2 Å². The van der Waals surface area contributed by atoms with Crippen molar-refractivity contribution in [2.24, 2.45) is 5.10 Å². The Hall–Kier alpha value is -14.6. The number of hydrogen-bond acceptors (Lipinski definition) is 23. The second-order valence-electron chi connectivity index (χ2n) is 29.2. The Kier molecular flexibility index (Phi) is 31.5. The Labute approximate surface area is 709 Å². The Balaban J connectivity index is 0.000000142. The zero-order chi connectivity index (χ0) is 85.4. The number of amides is 1. The summed E-state index contributed by atoms with van der Waals surface area (Å²) in [7, 11) is 4.03. The van der Waals surface area contributed by atoms with E-state index >= 15 is 0 Å². The Bertz CT molecular complexity index is 5720. The number of carbonyl (C=O) groups is 4. The van der Waals surface area contributed by atoms with Crippen molar-refractivity contribution < 1.29 is 39.2 Å². The van der Waals surface area contributed by atoms with Crippen LogP contribution >= 0.6 is 0 Å². The van der Waals surface area contributed by atoms with Gasteiger partial charge in [-0.2, -0.15) is 5.10 Å². The van der Waals surface area contributed by atoms with Gasteiger partial charge in [-0.15, -0.1) is 0 Å². The molecule has 6 N–H and O–H groups in total. The van der Waals surface area contributed by atoms with Gasteiger partial charge in [-0.3, -0.25) is 39.9 Å². The number of ether oxygens (including phenoxy) is 1. The predicted molar refractivity (Wildman–Crippen MR) is 480 cm³/mol. The van der Waals surface area contributed by atoms with Gasteiger partial charge in [0.05, 0.1) is 24.3 Å². The molecule has 0 atom stereocenters. The average Bonchev–Trinajstić information content (AvgIpc) is 1.30. The predicted octanol–water partition coefficient (Wildman–Crippen LogP) is 16.1. The zero-order valence-electron chi connectivity index (χ0n) is 69.1. The summed E-state index contributed by atoms with van der Waals surface area (Å²) in [6.45, 7) is 11.5. The van der Waals surface area contributed by atoms with Crippen LogP contribution in [0.15, 0.2) is 273 Å². The number of fused-ring (bicyclic) bond motifs is 4. The number of carboxylic acids is 1. The molecule has 620 valence electrons. The molecule has 25 nitrogen and oxygen atoms in total. The summed E-state index contributed by atoms with van der Waals surface area (Å²) in [5.74, 6) is 3.46. The smallest absolute Gasteiger partial charge is 0.336 e. The molecular formula is C97H99N17O8. The molecule has 0 unspecified atom stereocenters. The SMILES string of the molecule is CC(=O)CCCc1cc(N2CCc3ccccc3CC2)nc(-c2ccccn2)n1.CCOC(=O)CCNc1cc(N2CCc3ccccc3CC2)nc(-c2ccccn2)n1.CN(C)CCCNC(=O)c1ccc(-c2cc(O)c3ncccc3c2)cc1.Cc1ccc(N/N=C(\c2ccccc2)c2ccccn2)nc1.O=C(O)c1ccc(O)c2ncccc12. The number of phenols is 2. The van der Waals surface area contributed by atoms with Gasteiger partial charge < -0.3 is 50.2 Å². The molecule has 8 aromatic heterocycles. The standard InChI is InChI=1S/C24H27N5O2.C24H26N4O.C21H23N3O2.C18H16N4.C10H7NO3/c1-2-31-23(30)10-14-26-21-17-22(28-24(27-21)20-9-5-6-13-25-20)29-15-11-18-7-3-4-8-19(18)12-16-29;1-18(29)7-6-10-21-17-23(27-24(26-21)22-11-4-5-14-25-22)28-15-12-19-8-2-3-9-20(19)13-16-28;1-24(2)12-4-11-23-21(26)16-8-6-15(7-9-16)18-13-17-5-3-10-22-20(17)19(25)14-18;1-14-10-11-17(20-13-14)21-22-18(15-7-3-2-4-8-15)16-9-5-6-12-19-16;12-8-4-3-7(10(13)14)6-2-1-5-11-9(6)8/h3-9,13,17H,2,10-12,14-16H2,1H3,(H,26,27,28);2-5,8-9,11,14,17H,6-7,10,12-13,15-16H2,1H3;3,5-10,13-14,25H,4,11-12H2,1-2H3,(H,23,26);2-13H,1H3,(H,20,21);1-5,12H,(H,13,14)/b;;;22-18+;. The van der Waals surface area contributed by atoms with Crippen LogP contribution in [-0.2, 0) is 46.4 Å². The number of carbonyl (C=O) groups excluding carboxylic acids is 3. The highest BCUT2D eigenvalue weighted by Crippen LogP contribution is 2.33. The fraction of sp³-hybridized carbons (Fsp3) is 0.227. The van der Waals surface area contributed by atoms with Crippen LogP contribution in [0.4, 0.5) is 23.3 Å². The molecule has 1 amide bonds. The fourth-order valence-corrected chi connectivity index (χ4v) is 13.7. The van der Waals surface area contributed by atoms with Crippen LogP contribution in [0.2, 0.25) is 0 Å². The monoisotopic (exact) mass is 1630 g/mol. The topological polar surface area (TPSA) is 325 Å². The first-order valence-electron chi connectivity index (χ1n) is 40.8. The van der Waals surface area contributed by atoms with E-state index in [9.17, 15) is 29.4 Å². The molecule has 0 spiro atoms. The van der Waals surface area contributed by atoms with Crippen LogP contribution in [0.25, 0.3) is 56.0 Å². The number of Topliss-reactive ketones (excluding diaryl/α,β-unsaturated/α-hetero) is 1. The van der Waals surface area contributed by atoms with Crippen LogP contribution in [0.1, 0.15) is 105 Å². The summed E-state index contributed by atoms with van der Waals surface area (Å²) < 4.78 is 5.01. The van der Waals surface area contributed by atoms with Crippen LogP contribution in [0, 0.1) is 6.92 Å². The van der Waals surface area contributed by atoms with Crippen molar-refractivity contribution in [1.29, 1.82) is 0 Å². The molecule has 0 fully saturated rings. The highest BCUT2D eigenvalue weighted by atomic mass is 16.5. The summed E-state index contributed by atoms with van der Waals surface area (Å²) >= 11 is 0. The third kappa shape index (κ3) is 25.2. The van der Waals surface area contributed by atoms with Crippen LogP contribution in [0.5, 0.6) is 11.5 Å². The Morgan fingerprint density at radius 3 is 1.69 bits per heavy atom. The number of phenolic OH excluding ortho intramolecular Hbond substituents is 2. The van der Waals surface area contributed by atoms with Gasteiger partial charge in [-0.1, -0.05) is 127 Å². The van der Waals surface area contributed by atoms with Gasteiger partial charge in [0.1, 0.15) is 68.7 Å². The van der Waals surface area contributed by atoms with E-state index in [-0.39, 0.29) is 41.1 Å². The number of ketones is 1. The summed E-state index contributed by atoms with van der Waals surface area (Å²) in [4.78, 5) is 97.5. The molecule has 0 aliphatic carbocycles. The van der Waals surface area contributed by atoms with Crippen molar-refractivity contribution in [3.8, 4) is 45.7 Å². The maximum absolute atomic E-state index is 12.2. The lowest BCUT2D eigenvalue weighted by atomic mass is 10.0. The Morgan fingerprint density at radius 1 is 0.516 bits per heavy atom. The van der Waals surface area contributed by atoms with Crippen molar-refractivity contribution in [3.05, 3.63) is 324 Å². The van der Waals surface area contributed by atoms with Crippen molar-refractivity contribution >= 4 is 74.4 Å². The molecule has 6 aromatic carbocycles. The number of benzene rings is 6. The van der Waals surface area contributed by atoms with Gasteiger partial charge in [0.15, 0.2) is 11.6 Å². The van der Waals surface area contributed by atoms with Gasteiger partial charge in [-0.05, 0) is 216 Å². The third-order valence-electron chi connectivity index (χ3n) is 20.0. The Morgan fingerprint density at radius 2 is 1.11 bits per heavy atom. The quantitative estimate of drug-likeness (QED) is 0.0142. The largest absolute Gasteiger partial charge is 0.506 e. The van der Waals surface area contributed by atoms with E-state index in [1.165, 1.54) is 40.6 Å². The number of aromatic hydroxyl groups is 2. The first-order chi connectivity index (χ1) is 59.5. The molecule has 0 radical (unpaired) electrons. The number of aryl methyl sites for hydroxylation is 2. The summed E-state index contributed by atoms with van der Waals surface area (Å²) in [6, 6.07) is 73.3. The summed E-state index contributed by atoms with van der Waals surface area (Å²) in [5, 5.41) is 40.5. The van der Waals surface area contributed by atoms with Gasteiger partial charge in [0.25, 0.3) is 5.91 Å². The maximum Gasteiger partial charge on any atom is 0.336 e. The van der Waals surface area contributed by atoms with E-state index in [0.29, 0.717) is 71.4 Å².